The number of halogens is 3. The molecule has 0 unspecified atom stereocenters. The highest BCUT2D eigenvalue weighted by Gasteiger charge is 2.39. The van der Waals surface area contributed by atoms with Crippen molar-refractivity contribution in [3.8, 4) is 0 Å². The number of hydrogen-bond acceptors (Lipinski definition) is 6. The fraction of sp³-hybridized carbons (Fsp3) is 0.500. The Morgan fingerprint density at radius 2 is 2.00 bits per heavy atom. The fourth-order valence-corrected chi connectivity index (χ4v) is 3.72. The Hall–Kier alpha value is -2.66. The number of ether oxygens (including phenoxy) is 2. The number of amides is 1. The maximum atomic E-state index is 14.8. The van der Waals surface area contributed by atoms with Crippen molar-refractivity contribution in [1.29, 1.82) is 0 Å². The van der Waals surface area contributed by atoms with Crippen molar-refractivity contribution < 1.29 is 27.4 Å². The van der Waals surface area contributed by atoms with Crippen LogP contribution in [0.3, 0.4) is 0 Å². The Labute approximate surface area is 190 Å². The van der Waals surface area contributed by atoms with Crippen LogP contribution in [0.2, 0.25) is 0 Å². The Morgan fingerprint density at radius 3 is 2.64 bits per heavy atom. The van der Waals surface area contributed by atoms with E-state index < -0.39 is 29.5 Å². The topological polar surface area (TPSA) is 85.4 Å². The molecule has 11 heteroatoms. The first-order valence-corrected chi connectivity index (χ1v) is 10.6. The second-order valence-electron chi connectivity index (χ2n) is 8.78. The van der Waals surface area contributed by atoms with Gasteiger partial charge in [-0.3, -0.25) is 4.79 Å². The van der Waals surface area contributed by atoms with Gasteiger partial charge in [0.1, 0.15) is 25.8 Å². The van der Waals surface area contributed by atoms with Crippen molar-refractivity contribution in [1.82, 2.24) is 15.3 Å². The minimum Gasteiger partial charge on any atom is -0.369 e. The lowest BCUT2D eigenvalue weighted by atomic mass is 9.73. The summed E-state index contributed by atoms with van der Waals surface area (Å²) in [6, 6.07) is 3.64. The number of carbonyl (C=O) groups excluding carboxylic acids is 1. The third-order valence-electron chi connectivity index (χ3n) is 5.79. The molecule has 1 aromatic heterocycles. The number of nitrogens with zero attached hydrogens (tertiary/aromatic N) is 2. The van der Waals surface area contributed by atoms with E-state index in [4.69, 9.17) is 17.3 Å². The van der Waals surface area contributed by atoms with Crippen LogP contribution in [0.1, 0.15) is 61.8 Å². The monoisotopic (exact) mass is 460 g/mol. The van der Waals surface area contributed by atoms with Crippen LogP contribution in [0.5, 0.6) is 0 Å². The molecule has 4 rings (SSSR count). The summed E-state index contributed by atoms with van der Waals surface area (Å²) in [7, 11) is 6.33. The molecule has 2 fully saturated rings. The zero-order valence-electron chi connectivity index (χ0n) is 18.3. The lowest BCUT2D eigenvalue weighted by molar-refractivity contribution is -0.121. The van der Waals surface area contributed by atoms with Gasteiger partial charge in [-0.25, -0.2) is 23.1 Å². The van der Waals surface area contributed by atoms with Crippen LogP contribution < -0.4 is 10.6 Å². The number of rotatable bonds is 8. The van der Waals surface area contributed by atoms with Crippen molar-refractivity contribution in [2.24, 2.45) is 0 Å². The van der Waals surface area contributed by atoms with Crippen molar-refractivity contribution in [3.05, 3.63) is 52.7 Å². The molecular formula is C22H24BF3N4O3. The second-order valence-corrected chi connectivity index (χ2v) is 8.78. The maximum absolute atomic E-state index is 14.8. The lowest BCUT2D eigenvalue weighted by Gasteiger charge is -2.31. The normalized spacial score (nSPS) is 19.3. The van der Waals surface area contributed by atoms with E-state index in [2.05, 4.69) is 20.6 Å². The van der Waals surface area contributed by atoms with E-state index in [9.17, 15) is 18.0 Å². The number of anilines is 1. The Kier molecular flexibility index (Phi) is 6.37. The number of nitrogens with one attached hydrogen (secondary N) is 2. The van der Waals surface area contributed by atoms with E-state index in [0.29, 0.717) is 24.5 Å². The third-order valence-corrected chi connectivity index (χ3v) is 5.79. The molecule has 2 N–H and O–H groups in total. The predicted octanol–water partition coefficient (Wildman–Crippen LogP) is 3.26. The summed E-state index contributed by atoms with van der Waals surface area (Å²) in [5.74, 6) is -1.17. The van der Waals surface area contributed by atoms with Crippen molar-refractivity contribution in [2.75, 3.05) is 18.5 Å². The van der Waals surface area contributed by atoms with Gasteiger partial charge in [0, 0.05) is 16.5 Å². The molecule has 2 radical (unpaired) electrons. The van der Waals surface area contributed by atoms with Gasteiger partial charge in [0.2, 0.25) is 5.91 Å². The SMILES string of the molecule is [B][C@](C)(Nc1ncnc(CC(=O)NC2(C)CC2)c1C1OCCO1)c1cccc(C(F)F)c1F. The quantitative estimate of drug-likeness (QED) is 0.589. The molecule has 0 bridgehead atoms. The van der Waals surface area contributed by atoms with E-state index >= 15 is 0 Å². The summed E-state index contributed by atoms with van der Waals surface area (Å²) in [5.41, 5.74) is -2.03. The molecule has 1 saturated carbocycles. The first-order chi connectivity index (χ1) is 15.6. The molecule has 174 valence electrons. The maximum Gasteiger partial charge on any atom is 0.266 e. The highest BCUT2D eigenvalue weighted by atomic mass is 19.3. The summed E-state index contributed by atoms with van der Waals surface area (Å²) >= 11 is 0. The number of benzene rings is 1. The van der Waals surface area contributed by atoms with Crippen LogP contribution in [0, 0.1) is 5.82 Å². The van der Waals surface area contributed by atoms with Gasteiger partial charge in [-0.05, 0) is 26.7 Å². The standard InChI is InChI=1S/C22H24BF3N4O3/c1-21(6-7-21)29-15(31)10-14-16(20-32-8-9-33-20)19(28-11-27-14)30-22(2,23)13-5-3-4-12(17(13)24)18(25)26/h3-5,11,18,20H,6-10H2,1-2H3,(H,29,31)(H,27,28,30)/t22-/m1/s1. The summed E-state index contributed by atoms with van der Waals surface area (Å²) in [5, 5.41) is 5.88. The van der Waals surface area contributed by atoms with Crippen molar-refractivity contribution in [2.45, 2.75) is 56.8 Å². The molecule has 2 heterocycles. The van der Waals surface area contributed by atoms with E-state index in [0.717, 1.165) is 18.9 Å². The van der Waals surface area contributed by atoms with Crippen LogP contribution in [-0.4, -0.2) is 42.5 Å². The average molecular weight is 460 g/mol. The zero-order valence-corrected chi connectivity index (χ0v) is 18.3. The van der Waals surface area contributed by atoms with Gasteiger partial charge in [-0.1, -0.05) is 18.2 Å². The highest BCUT2D eigenvalue weighted by Crippen LogP contribution is 2.36. The molecule has 2 aromatic rings. The minimum atomic E-state index is -2.99. The van der Waals surface area contributed by atoms with Gasteiger partial charge in [0.25, 0.3) is 6.43 Å². The van der Waals surface area contributed by atoms with Gasteiger partial charge in [-0.2, -0.15) is 0 Å². The summed E-state index contributed by atoms with van der Waals surface area (Å²) in [6.07, 6.45) is -0.848. The van der Waals surface area contributed by atoms with Crippen molar-refractivity contribution >= 4 is 19.6 Å². The van der Waals surface area contributed by atoms with Crippen LogP contribution in [-0.2, 0) is 26.1 Å². The molecule has 0 spiro atoms. The number of carbonyl (C=O) groups is 1. The molecule has 1 atom stereocenters. The summed E-state index contributed by atoms with van der Waals surface area (Å²) < 4.78 is 52.4. The molecule has 1 amide bonds. The van der Waals surface area contributed by atoms with Gasteiger partial charge in [0.05, 0.1) is 36.5 Å². The van der Waals surface area contributed by atoms with Gasteiger partial charge < -0.3 is 20.1 Å². The average Bonchev–Trinajstić information content (AvgIpc) is 3.22. The minimum absolute atomic E-state index is 0.0537. The van der Waals surface area contributed by atoms with E-state index in [1.54, 1.807) is 0 Å². The highest BCUT2D eigenvalue weighted by molar-refractivity contribution is 6.17. The lowest BCUT2D eigenvalue weighted by Crippen LogP contribution is -2.36. The summed E-state index contributed by atoms with van der Waals surface area (Å²) in [4.78, 5) is 21.0. The largest absolute Gasteiger partial charge is 0.369 e. The first kappa shape index (κ1) is 23.5. The van der Waals surface area contributed by atoms with E-state index in [-0.39, 0.29) is 29.2 Å². The predicted molar refractivity (Wildman–Crippen MR) is 114 cm³/mol. The summed E-state index contributed by atoms with van der Waals surface area (Å²) in [6.45, 7) is 4.05. The van der Waals surface area contributed by atoms with Crippen LogP contribution >= 0.6 is 0 Å². The molecule has 7 nitrogen and oxygen atoms in total. The molecule has 1 aliphatic heterocycles. The van der Waals surface area contributed by atoms with E-state index in [1.807, 2.05) is 6.92 Å². The number of alkyl halides is 2. The van der Waals surface area contributed by atoms with Crippen LogP contribution in [0.15, 0.2) is 24.5 Å². The second kappa shape index (κ2) is 8.94. The Balaban J connectivity index is 1.67. The molecule has 1 aromatic carbocycles. The smallest absolute Gasteiger partial charge is 0.266 e. The van der Waals surface area contributed by atoms with E-state index in [1.165, 1.54) is 25.4 Å². The van der Waals surface area contributed by atoms with Gasteiger partial charge >= 0.3 is 0 Å². The molecular weight excluding hydrogens is 436 g/mol. The van der Waals surface area contributed by atoms with Gasteiger partial charge in [-0.15, -0.1) is 0 Å². The van der Waals surface area contributed by atoms with Crippen LogP contribution in [0.4, 0.5) is 19.0 Å². The zero-order chi connectivity index (χ0) is 23.8. The first-order valence-electron chi connectivity index (χ1n) is 10.6. The Bertz CT molecular complexity index is 1040. The van der Waals surface area contributed by atoms with Gasteiger partial charge in [0.15, 0.2) is 6.29 Å². The fourth-order valence-electron chi connectivity index (χ4n) is 3.72. The third kappa shape index (κ3) is 5.14. The van der Waals surface area contributed by atoms with Crippen molar-refractivity contribution in [3.63, 3.8) is 0 Å². The molecule has 33 heavy (non-hydrogen) atoms. The number of hydrogen-bond donors (Lipinski definition) is 2. The van der Waals surface area contributed by atoms with Crippen LogP contribution in [0.25, 0.3) is 0 Å². The Morgan fingerprint density at radius 1 is 1.30 bits per heavy atom. The molecule has 2 aliphatic rings. The number of aromatic nitrogens is 2. The molecule has 1 saturated heterocycles. The molecule has 1 aliphatic carbocycles.